The first-order valence-corrected chi connectivity index (χ1v) is 6.22. The summed E-state index contributed by atoms with van der Waals surface area (Å²) in [6, 6.07) is 9.99. The zero-order valence-electron chi connectivity index (χ0n) is 10.5. The van der Waals surface area contributed by atoms with Crippen LogP contribution in [0.3, 0.4) is 0 Å². The van der Waals surface area contributed by atoms with Gasteiger partial charge in [0.2, 0.25) is 0 Å². The van der Waals surface area contributed by atoms with Gasteiger partial charge in [0.15, 0.2) is 0 Å². The Hall–Kier alpha value is -1.97. The standard InChI is InChI=1S/C14H17N3O/c1-18-12-6-2-10(3-7-12)9-17-14(15)8-13(16-17)11-4-5-11/h2-3,6-8,11H,4-5,9,15H2,1H3. The number of anilines is 1. The van der Waals surface area contributed by atoms with Crippen LogP contribution in [-0.4, -0.2) is 16.9 Å². The van der Waals surface area contributed by atoms with Crippen molar-refractivity contribution in [2.24, 2.45) is 0 Å². The second-order valence-corrected chi connectivity index (χ2v) is 4.77. The molecule has 1 heterocycles. The molecule has 0 aliphatic heterocycles. The van der Waals surface area contributed by atoms with Crippen LogP contribution in [0, 0.1) is 0 Å². The predicted molar refractivity (Wildman–Crippen MR) is 70.7 cm³/mol. The number of hydrogen-bond donors (Lipinski definition) is 1. The number of nitrogens with zero attached hydrogens (tertiary/aromatic N) is 2. The van der Waals surface area contributed by atoms with Gasteiger partial charge in [0.1, 0.15) is 11.6 Å². The van der Waals surface area contributed by atoms with Gasteiger partial charge in [-0.3, -0.25) is 0 Å². The molecule has 0 radical (unpaired) electrons. The van der Waals surface area contributed by atoms with E-state index in [1.165, 1.54) is 18.4 Å². The topological polar surface area (TPSA) is 53.1 Å². The molecule has 4 nitrogen and oxygen atoms in total. The molecule has 18 heavy (non-hydrogen) atoms. The van der Waals surface area contributed by atoms with Crippen molar-refractivity contribution < 1.29 is 4.74 Å². The van der Waals surface area contributed by atoms with Crippen LogP contribution in [0.25, 0.3) is 0 Å². The third kappa shape index (κ3) is 2.18. The van der Waals surface area contributed by atoms with Gasteiger partial charge in [0, 0.05) is 12.0 Å². The van der Waals surface area contributed by atoms with Crippen LogP contribution >= 0.6 is 0 Å². The van der Waals surface area contributed by atoms with Crippen LogP contribution in [0.15, 0.2) is 30.3 Å². The molecule has 1 fully saturated rings. The summed E-state index contributed by atoms with van der Waals surface area (Å²) in [4.78, 5) is 0. The van der Waals surface area contributed by atoms with Crippen LogP contribution in [0.2, 0.25) is 0 Å². The number of aromatic nitrogens is 2. The van der Waals surface area contributed by atoms with Crippen molar-refractivity contribution in [1.29, 1.82) is 0 Å². The van der Waals surface area contributed by atoms with Crippen molar-refractivity contribution in [2.75, 3.05) is 12.8 Å². The van der Waals surface area contributed by atoms with Gasteiger partial charge in [-0.15, -0.1) is 0 Å². The van der Waals surface area contributed by atoms with Crippen molar-refractivity contribution in [2.45, 2.75) is 25.3 Å². The molecular formula is C14H17N3O. The Morgan fingerprint density at radius 3 is 2.67 bits per heavy atom. The summed E-state index contributed by atoms with van der Waals surface area (Å²) in [5.41, 5.74) is 8.30. The Morgan fingerprint density at radius 2 is 2.06 bits per heavy atom. The minimum Gasteiger partial charge on any atom is -0.497 e. The van der Waals surface area contributed by atoms with Crippen LogP contribution in [0.5, 0.6) is 5.75 Å². The molecule has 4 heteroatoms. The molecule has 0 saturated heterocycles. The van der Waals surface area contributed by atoms with Gasteiger partial charge in [-0.1, -0.05) is 12.1 Å². The Morgan fingerprint density at radius 1 is 1.33 bits per heavy atom. The van der Waals surface area contributed by atoms with Gasteiger partial charge < -0.3 is 10.5 Å². The fraction of sp³-hybridized carbons (Fsp3) is 0.357. The summed E-state index contributed by atoms with van der Waals surface area (Å²) in [5, 5.41) is 4.57. The Bertz CT molecular complexity index is 541. The second kappa shape index (κ2) is 4.37. The molecular weight excluding hydrogens is 226 g/mol. The lowest BCUT2D eigenvalue weighted by Gasteiger charge is -2.05. The van der Waals surface area contributed by atoms with Crippen LogP contribution in [-0.2, 0) is 6.54 Å². The molecule has 2 N–H and O–H groups in total. The van der Waals surface area contributed by atoms with Crippen molar-refractivity contribution in [3.63, 3.8) is 0 Å². The summed E-state index contributed by atoms with van der Waals surface area (Å²) in [7, 11) is 1.67. The molecule has 1 saturated carbocycles. The maximum atomic E-state index is 5.99. The number of nitrogen functional groups attached to an aromatic ring is 1. The average Bonchev–Trinajstić information content (AvgIpc) is 3.17. The molecule has 1 aliphatic carbocycles. The molecule has 2 aromatic rings. The predicted octanol–water partition coefficient (Wildman–Crippen LogP) is 2.40. The molecule has 1 aromatic heterocycles. The Balaban J connectivity index is 1.78. The fourth-order valence-electron chi connectivity index (χ4n) is 2.06. The number of rotatable bonds is 4. The molecule has 0 bridgehead atoms. The summed E-state index contributed by atoms with van der Waals surface area (Å²) < 4.78 is 7.01. The molecule has 0 unspecified atom stereocenters. The summed E-state index contributed by atoms with van der Waals surface area (Å²) in [6.45, 7) is 0.711. The van der Waals surface area contributed by atoms with E-state index < -0.39 is 0 Å². The van der Waals surface area contributed by atoms with Crippen molar-refractivity contribution >= 4 is 5.82 Å². The fourth-order valence-corrected chi connectivity index (χ4v) is 2.06. The highest BCUT2D eigenvalue weighted by atomic mass is 16.5. The van der Waals surface area contributed by atoms with E-state index in [1.807, 2.05) is 35.0 Å². The highest BCUT2D eigenvalue weighted by molar-refractivity contribution is 5.35. The van der Waals surface area contributed by atoms with Gasteiger partial charge in [-0.05, 0) is 30.5 Å². The first kappa shape index (κ1) is 11.1. The maximum Gasteiger partial charge on any atom is 0.122 e. The lowest BCUT2D eigenvalue weighted by Crippen LogP contribution is -2.05. The molecule has 0 amide bonds. The smallest absolute Gasteiger partial charge is 0.122 e. The number of ether oxygens (including phenoxy) is 1. The Labute approximate surface area is 106 Å². The number of benzene rings is 1. The van der Waals surface area contributed by atoms with Crippen LogP contribution in [0.4, 0.5) is 5.82 Å². The van der Waals surface area contributed by atoms with Crippen molar-refractivity contribution in [3.8, 4) is 5.75 Å². The molecule has 3 rings (SSSR count). The van der Waals surface area contributed by atoms with Crippen molar-refractivity contribution in [3.05, 3.63) is 41.6 Å². The van der Waals surface area contributed by atoms with E-state index >= 15 is 0 Å². The zero-order valence-corrected chi connectivity index (χ0v) is 10.5. The van der Waals surface area contributed by atoms with E-state index in [0.29, 0.717) is 12.5 Å². The van der Waals surface area contributed by atoms with Crippen LogP contribution in [0.1, 0.15) is 30.0 Å². The van der Waals surface area contributed by atoms with Gasteiger partial charge in [-0.25, -0.2) is 4.68 Å². The zero-order chi connectivity index (χ0) is 12.5. The van der Waals surface area contributed by atoms with E-state index in [1.54, 1.807) is 7.11 Å². The summed E-state index contributed by atoms with van der Waals surface area (Å²) in [5.74, 6) is 2.25. The quantitative estimate of drug-likeness (QED) is 0.897. The average molecular weight is 243 g/mol. The highest BCUT2D eigenvalue weighted by Gasteiger charge is 2.26. The molecule has 1 aliphatic rings. The van der Waals surface area contributed by atoms with Gasteiger partial charge in [0.05, 0.1) is 19.3 Å². The minimum absolute atomic E-state index is 0.643. The first-order valence-electron chi connectivity index (χ1n) is 6.22. The molecule has 0 atom stereocenters. The molecule has 0 spiro atoms. The van der Waals surface area contributed by atoms with Crippen molar-refractivity contribution in [1.82, 2.24) is 9.78 Å². The second-order valence-electron chi connectivity index (χ2n) is 4.77. The Kier molecular flexibility index (Phi) is 2.70. The molecule has 94 valence electrons. The molecule has 1 aromatic carbocycles. The normalized spacial score (nSPS) is 14.7. The van der Waals surface area contributed by atoms with E-state index in [-0.39, 0.29) is 0 Å². The summed E-state index contributed by atoms with van der Waals surface area (Å²) in [6.07, 6.45) is 2.50. The highest BCUT2D eigenvalue weighted by Crippen LogP contribution is 2.39. The number of nitrogens with two attached hydrogens (primary N) is 1. The van der Waals surface area contributed by atoms with E-state index in [4.69, 9.17) is 10.5 Å². The van der Waals surface area contributed by atoms with Gasteiger partial charge >= 0.3 is 0 Å². The first-order chi connectivity index (χ1) is 8.76. The monoisotopic (exact) mass is 243 g/mol. The maximum absolute atomic E-state index is 5.99. The van der Waals surface area contributed by atoms with E-state index in [2.05, 4.69) is 5.10 Å². The SMILES string of the molecule is COc1ccc(Cn2nc(C3CC3)cc2N)cc1. The van der Waals surface area contributed by atoms with Gasteiger partial charge in [0.25, 0.3) is 0 Å². The van der Waals surface area contributed by atoms with Crippen LogP contribution < -0.4 is 10.5 Å². The third-order valence-corrected chi connectivity index (χ3v) is 3.32. The minimum atomic E-state index is 0.643. The largest absolute Gasteiger partial charge is 0.497 e. The van der Waals surface area contributed by atoms with Gasteiger partial charge in [-0.2, -0.15) is 5.10 Å². The van der Waals surface area contributed by atoms with E-state index in [0.717, 1.165) is 17.3 Å². The lowest BCUT2D eigenvalue weighted by molar-refractivity contribution is 0.414. The van der Waals surface area contributed by atoms with E-state index in [9.17, 15) is 0 Å². The summed E-state index contributed by atoms with van der Waals surface area (Å²) >= 11 is 0. The third-order valence-electron chi connectivity index (χ3n) is 3.32. The lowest BCUT2D eigenvalue weighted by atomic mass is 10.2. The number of methoxy groups -OCH3 is 1. The number of hydrogen-bond acceptors (Lipinski definition) is 3.